The number of rotatable bonds is 6. The molecule has 6 rings (SSSR count). The van der Waals surface area contributed by atoms with Crippen LogP contribution in [0.15, 0.2) is 114 Å². The minimum atomic E-state index is 0.326. The predicted molar refractivity (Wildman–Crippen MR) is 138 cm³/mol. The number of hydrogen-bond acceptors (Lipinski definition) is 7. The molecule has 2 N–H and O–H groups in total. The predicted octanol–water partition coefficient (Wildman–Crippen LogP) is 6.83. The number of nitrogens with one attached hydrogen (secondary N) is 2. The van der Waals surface area contributed by atoms with E-state index in [-0.39, 0.29) is 0 Å². The molecule has 0 atom stereocenters. The molecule has 0 saturated heterocycles. The first-order chi connectivity index (χ1) is 17.3. The summed E-state index contributed by atoms with van der Waals surface area (Å²) >= 11 is 0. The lowest BCUT2D eigenvalue weighted by Gasteiger charge is -2.16. The van der Waals surface area contributed by atoms with Crippen LogP contribution in [0.1, 0.15) is 0 Å². The Bertz CT molecular complexity index is 1480. The van der Waals surface area contributed by atoms with Gasteiger partial charge in [-0.2, -0.15) is 0 Å². The summed E-state index contributed by atoms with van der Waals surface area (Å²) in [7, 11) is 0. The molecule has 168 valence electrons. The number of benzene rings is 4. The van der Waals surface area contributed by atoms with Crippen molar-refractivity contribution in [2.45, 2.75) is 0 Å². The van der Waals surface area contributed by atoms with Crippen molar-refractivity contribution in [1.29, 1.82) is 0 Å². The molecule has 7 nitrogen and oxygen atoms in total. The average Bonchev–Trinajstić information content (AvgIpc) is 3.38. The van der Waals surface area contributed by atoms with Crippen molar-refractivity contribution in [3.8, 4) is 22.3 Å². The van der Waals surface area contributed by atoms with Gasteiger partial charge in [0, 0.05) is 22.5 Å². The number of hydrogen-bond donors (Lipinski definition) is 2. The highest BCUT2D eigenvalue weighted by atomic mass is 16.6. The quantitative estimate of drug-likeness (QED) is 0.284. The highest BCUT2D eigenvalue weighted by Crippen LogP contribution is 2.35. The zero-order chi connectivity index (χ0) is 23.5. The molecular formula is C28H20N6O. The van der Waals surface area contributed by atoms with Crippen molar-refractivity contribution in [3.63, 3.8) is 0 Å². The summed E-state index contributed by atoms with van der Waals surface area (Å²) in [6, 6.07) is 36.5. The zero-order valence-corrected chi connectivity index (χ0v) is 18.6. The minimum Gasteiger partial charge on any atom is -0.337 e. The van der Waals surface area contributed by atoms with E-state index in [1.165, 1.54) is 0 Å². The Hall–Kier alpha value is -5.04. The second kappa shape index (κ2) is 9.07. The zero-order valence-electron chi connectivity index (χ0n) is 18.6. The van der Waals surface area contributed by atoms with Crippen LogP contribution >= 0.6 is 0 Å². The maximum atomic E-state index is 4.88. The van der Waals surface area contributed by atoms with Gasteiger partial charge in [0.1, 0.15) is 0 Å². The standard InChI is InChI=1S/C28H20N6O/c1-3-11-19(12-4-1)21-15-7-9-17-23(21)29-25-26(32-28-27(31-25)33-35-34-28)30-24-18-10-8-16-22(24)20-13-5-2-6-14-20/h1-18H,(H,29,31,33)(H,30,32,34). The second-order valence-corrected chi connectivity index (χ2v) is 7.91. The SMILES string of the molecule is c1ccc(-c2ccccc2Nc2nc3nonc3nc2Nc2ccccc2-c2ccccc2)cc1. The van der Waals surface area contributed by atoms with E-state index in [4.69, 9.17) is 4.63 Å². The molecule has 0 bridgehead atoms. The molecule has 0 spiro atoms. The average molecular weight is 457 g/mol. The molecule has 7 heteroatoms. The van der Waals surface area contributed by atoms with Crippen LogP contribution in [-0.4, -0.2) is 20.3 Å². The van der Waals surface area contributed by atoms with Crippen molar-refractivity contribution in [1.82, 2.24) is 20.3 Å². The van der Waals surface area contributed by atoms with Crippen LogP contribution in [0.2, 0.25) is 0 Å². The van der Waals surface area contributed by atoms with Crippen molar-refractivity contribution >= 4 is 34.3 Å². The number of fused-ring (bicyclic) bond motifs is 1. The Morgan fingerprint density at radius 3 is 1.31 bits per heavy atom. The summed E-state index contributed by atoms with van der Waals surface area (Å²) in [6.45, 7) is 0. The van der Waals surface area contributed by atoms with E-state index in [2.05, 4.69) is 67.3 Å². The van der Waals surface area contributed by atoms with Gasteiger partial charge in [0.2, 0.25) is 11.3 Å². The van der Waals surface area contributed by atoms with Crippen molar-refractivity contribution in [2.75, 3.05) is 10.6 Å². The summed E-state index contributed by atoms with van der Waals surface area (Å²) < 4.78 is 4.88. The Morgan fingerprint density at radius 2 is 0.857 bits per heavy atom. The summed E-state index contributed by atoms with van der Waals surface area (Å²) in [5.41, 5.74) is 6.71. The fourth-order valence-corrected chi connectivity index (χ4v) is 3.99. The summed E-state index contributed by atoms with van der Waals surface area (Å²) in [4.78, 5) is 9.32. The molecule has 0 unspecified atom stereocenters. The van der Waals surface area contributed by atoms with E-state index < -0.39 is 0 Å². The molecule has 35 heavy (non-hydrogen) atoms. The first kappa shape index (κ1) is 20.6. The number of aromatic nitrogens is 4. The Balaban J connectivity index is 1.43. The van der Waals surface area contributed by atoms with Gasteiger partial charge in [-0.1, -0.05) is 97.1 Å². The van der Waals surface area contributed by atoms with Crippen molar-refractivity contribution in [3.05, 3.63) is 109 Å². The molecule has 6 aromatic rings. The minimum absolute atomic E-state index is 0.326. The smallest absolute Gasteiger partial charge is 0.245 e. The molecule has 0 saturated carbocycles. The number of anilines is 4. The van der Waals surface area contributed by atoms with E-state index >= 15 is 0 Å². The van der Waals surface area contributed by atoms with Crippen LogP contribution in [-0.2, 0) is 0 Å². The monoisotopic (exact) mass is 456 g/mol. The normalized spacial score (nSPS) is 10.9. The first-order valence-electron chi connectivity index (χ1n) is 11.2. The maximum absolute atomic E-state index is 4.88. The van der Waals surface area contributed by atoms with Gasteiger partial charge in [-0.15, -0.1) is 0 Å². The van der Waals surface area contributed by atoms with E-state index in [0.717, 1.165) is 33.6 Å². The molecule has 0 aliphatic rings. The van der Waals surface area contributed by atoms with E-state index in [9.17, 15) is 0 Å². The Kier molecular flexibility index (Phi) is 5.33. The molecule has 0 aliphatic carbocycles. The van der Waals surface area contributed by atoms with Crippen LogP contribution < -0.4 is 10.6 Å². The fraction of sp³-hybridized carbons (Fsp3) is 0. The van der Waals surface area contributed by atoms with Crippen LogP contribution in [0, 0.1) is 0 Å². The first-order valence-corrected chi connectivity index (χ1v) is 11.2. The lowest BCUT2D eigenvalue weighted by atomic mass is 10.0. The topological polar surface area (TPSA) is 88.8 Å². The van der Waals surface area contributed by atoms with Gasteiger partial charge in [-0.05, 0) is 33.6 Å². The van der Waals surface area contributed by atoms with E-state index in [1.807, 2.05) is 72.8 Å². The summed E-state index contributed by atoms with van der Waals surface area (Å²) in [5.74, 6) is 1.03. The molecule has 0 amide bonds. The lowest BCUT2D eigenvalue weighted by Crippen LogP contribution is -2.04. The fourth-order valence-electron chi connectivity index (χ4n) is 3.99. The summed E-state index contributed by atoms with van der Waals surface area (Å²) in [5, 5.41) is 14.7. The number of nitrogens with zero attached hydrogens (tertiary/aromatic N) is 4. The largest absolute Gasteiger partial charge is 0.337 e. The number of para-hydroxylation sites is 2. The highest BCUT2D eigenvalue weighted by Gasteiger charge is 2.16. The van der Waals surface area contributed by atoms with Crippen LogP contribution in [0.4, 0.5) is 23.0 Å². The third-order valence-electron chi connectivity index (χ3n) is 5.64. The molecule has 0 radical (unpaired) electrons. The van der Waals surface area contributed by atoms with E-state index in [1.54, 1.807) is 0 Å². The van der Waals surface area contributed by atoms with E-state index in [0.29, 0.717) is 22.9 Å². The molecule has 4 aromatic carbocycles. The molecule has 0 fully saturated rings. The van der Waals surface area contributed by atoms with Gasteiger partial charge in [0.25, 0.3) is 0 Å². The van der Waals surface area contributed by atoms with Gasteiger partial charge in [-0.25, -0.2) is 14.6 Å². The highest BCUT2D eigenvalue weighted by molar-refractivity contribution is 5.87. The van der Waals surface area contributed by atoms with Crippen molar-refractivity contribution in [2.24, 2.45) is 0 Å². The lowest BCUT2D eigenvalue weighted by molar-refractivity contribution is 0.314. The van der Waals surface area contributed by atoms with Gasteiger partial charge in [-0.3, -0.25) is 0 Å². The molecule has 2 aromatic heterocycles. The third kappa shape index (κ3) is 4.18. The molecular weight excluding hydrogens is 436 g/mol. The second-order valence-electron chi connectivity index (χ2n) is 7.91. The van der Waals surface area contributed by atoms with Gasteiger partial charge < -0.3 is 10.6 Å². The Morgan fingerprint density at radius 1 is 0.457 bits per heavy atom. The van der Waals surface area contributed by atoms with Crippen LogP contribution in [0.5, 0.6) is 0 Å². The summed E-state index contributed by atoms with van der Waals surface area (Å²) in [6.07, 6.45) is 0. The van der Waals surface area contributed by atoms with Crippen LogP contribution in [0.25, 0.3) is 33.5 Å². The third-order valence-corrected chi connectivity index (χ3v) is 5.64. The maximum Gasteiger partial charge on any atom is 0.245 e. The van der Waals surface area contributed by atoms with Crippen molar-refractivity contribution < 1.29 is 4.63 Å². The Labute approximate surface area is 201 Å². The molecule has 0 aliphatic heterocycles. The molecule has 2 heterocycles. The van der Waals surface area contributed by atoms with Crippen LogP contribution in [0.3, 0.4) is 0 Å². The van der Waals surface area contributed by atoms with Gasteiger partial charge >= 0.3 is 0 Å². The van der Waals surface area contributed by atoms with Gasteiger partial charge in [0.05, 0.1) is 0 Å². The van der Waals surface area contributed by atoms with Gasteiger partial charge in [0.15, 0.2) is 11.6 Å².